The van der Waals surface area contributed by atoms with E-state index in [4.69, 9.17) is 0 Å². The normalized spacial score (nSPS) is 16.8. The Bertz CT molecular complexity index is 1140. The van der Waals surface area contributed by atoms with E-state index in [0.717, 1.165) is 29.7 Å². The van der Waals surface area contributed by atoms with Gasteiger partial charge in [0.2, 0.25) is 15.9 Å². The summed E-state index contributed by atoms with van der Waals surface area (Å²) >= 11 is 1.64. The van der Waals surface area contributed by atoms with Gasteiger partial charge in [-0.25, -0.2) is 8.42 Å². The Hall–Kier alpha value is -2.52. The van der Waals surface area contributed by atoms with Crippen LogP contribution in [0.2, 0.25) is 0 Å². The van der Waals surface area contributed by atoms with Crippen LogP contribution < -0.4 is 10.6 Å². The molecule has 2 atom stereocenters. The summed E-state index contributed by atoms with van der Waals surface area (Å²) in [6.45, 7) is 2.96. The van der Waals surface area contributed by atoms with Crippen molar-refractivity contribution in [3.05, 3.63) is 82.6 Å². The van der Waals surface area contributed by atoms with E-state index >= 15 is 0 Å². The van der Waals surface area contributed by atoms with Crippen LogP contribution in [0.25, 0.3) is 0 Å². The third kappa shape index (κ3) is 5.70. The van der Waals surface area contributed by atoms with Crippen LogP contribution in [0.3, 0.4) is 0 Å². The molecular formula is C25H29N3O3S2. The highest BCUT2D eigenvalue weighted by atomic mass is 32.2. The summed E-state index contributed by atoms with van der Waals surface area (Å²) in [5.41, 5.74) is 1.66. The Labute approximate surface area is 199 Å². The standard InChI is InChI=1S/C25H29N3O3S2/c1-19(26-24(23-11-8-18-32-23)20-9-4-2-5-10-20)25(29)27-21-12-14-22(15-13-21)33(30,31)28-16-6-3-7-17-28/h2,4-5,8-15,18-19,24,26H,3,6-7,16-17H2,1H3,(H,27,29)/t19-,24-/m0/s1. The van der Waals surface area contributed by atoms with Crippen molar-refractivity contribution >= 4 is 33.0 Å². The van der Waals surface area contributed by atoms with Crippen LogP contribution in [0.15, 0.2) is 77.0 Å². The first-order chi connectivity index (χ1) is 15.9. The van der Waals surface area contributed by atoms with E-state index in [9.17, 15) is 13.2 Å². The van der Waals surface area contributed by atoms with E-state index in [2.05, 4.69) is 16.7 Å². The molecule has 174 valence electrons. The number of piperidine rings is 1. The maximum absolute atomic E-state index is 12.9. The molecule has 0 radical (unpaired) electrons. The second-order valence-corrected chi connectivity index (χ2v) is 11.1. The molecule has 3 aromatic rings. The summed E-state index contributed by atoms with van der Waals surface area (Å²) in [4.78, 5) is 14.3. The molecule has 4 rings (SSSR count). The molecule has 1 aromatic heterocycles. The molecule has 1 amide bonds. The van der Waals surface area contributed by atoms with Crippen molar-refractivity contribution in [2.45, 2.75) is 43.2 Å². The van der Waals surface area contributed by atoms with Gasteiger partial charge in [-0.3, -0.25) is 10.1 Å². The number of hydrogen-bond acceptors (Lipinski definition) is 5. The number of benzene rings is 2. The van der Waals surface area contributed by atoms with E-state index in [1.807, 2.05) is 48.7 Å². The quantitative estimate of drug-likeness (QED) is 0.490. The van der Waals surface area contributed by atoms with Gasteiger partial charge in [-0.05, 0) is 61.0 Å². The van der Waals surface area contributed by atoms with Crippen LogP contribution in [0.1, 0.15) is 42.7 Å². The van der Waals surface area contributed by atoms with E-state index in [-0.39, 0.29) is 16.8 Å². The molecule has 0 saturated carbocycles. The number of carbonyl (C=O) groups is 1. The average Bonchev–Trinajstić information content (AvgIpc) is 3.38. The lowest BCUT2D eigenvalue weighted by Gasteiger charge is -2.26. The number of nitrogens with one attached hydrogen (secondary N) is 2. The number of sulfonamides is 1. The second-order valence-electron chi connectivity index (χ2n) is 8.23. The number of rotatable bonds is 8. The third-order valence-corrected chi connectivity index (χ3v) is 8.70. The van der Waals surface area contributed by atoms with Crippen LogP contribution in [-0.2, 0) is 14.8 Å². The van der Waals surface area contributed by atoms with Gasteiger partial charge in [0.1, 0.15) is 0 Å². The van der Waals surface area contributed by atoms with Gasteiger partial charge in [0.25, 0.3) is 0 Å². The number of hydrogen-bond donors (Lipinski definition) is 2. The van der Waals surface area contributed by atoms with Crippen molar-refractivity contribution in [1.29, 1.82) is 0 Å². The van der Waals surface area contributed by atoms with Crippen molar-refractivity contribution in [3.63, 3.8) is 0 Å². The van der Waals surface area contributed by atoms with Crippen LogP contribution >= 0.6 is 11.3 Å². The fraction of sp³-hybridized carbons (Fsp3) is 0.320. The molecule has 8 heteroatoms. The maximum Gasteiger partial charge on any atom is 0.243 e. The van der Waals surface area contributed by atoms with E-state index < -0.39 is 16.1 Å². The summed E-state index contributed by atoms with van der Waals surface area (Å²) in [5, 5.41) is 8.35. The number of anilines is 1. The Morgan fingerprint density at radius 1 is 0.939 bits per heavy atom. The molecule has 0 bridgehead atoms. The first-order valence-corrected chi connectivity index (χ1v) is 13.5. The molecule has 0 spiro atoms. The molecule has 6 nitrogen and oxygen atoms in total. The first kappa shape index (κ1) is 23.6. The summed E-state index contributed by atoms with van der Waals surface area (Å²) in [6.07, 6.45) is 2.86. The van der Waals surface area contributed by atoms with E-state index in [1.165, 1.54) is 0 Å². The van der Waals surface area contributed by atoms with Gasteiger partial charge in [0.05, 0.1) is 17.0 Å². The second kappa shape index (κ2) is 10.6. The highest BCUT2D eigenvalue weighted by Crippen LogP contribution is 2.27. The lowest BCUT2D eigenvalue weighted by Crippen LogP contribution is -2.40. The van der Waals surface area contributed by atoms with Gasteiger partial charge < -0.3 is 5.32 Å². The summed E-state index contributed by atoms with van der Waals surface area (Å²) < 4.78 is 27.2. The SMILES string of the molecule is C[C@H](N[C@@H](c1ccccc1)c1cccs1)C(=O)Nc1ccc(S(=O)(=O)N2CCCCC2)cc1. The van der Waals surface area contributed by atoms with Crippen LogP contribution in [0, 0.1) is 0 Å². The van der Waals surface area contributed by atoms with Gasteiger partial charge in [0.15, 0.2) is 0 Å². The van der Waals surface area contributed by atoms with Gasteiger partial charge in [0, 0.05) is 23.7 Å². The number of thiophene rings is 1. The lowest BCUT2D eigenvalue weighted by molar-refractivity contribution is -0.117. The van der Waals surface area contributed by atoms with Gasteiger partial charge in [-0.2, -0.15) is 4.31 Å². The number of nitrogens with zero attached hydrogens (tertiary/aromatic N) is 1. The molecule has 0 aliphatic carbocycles. The zero-order chi connectivity index (χ0) is 23.3. The summed E-state index contributed by atoms with van der Waals surface area (Å²) in [6, 6.07) is 20.0. The van der Waals surface area contributed by atoms with Crippen molar-refractivity contribution in [2.24, 2.45) is 0 Å². The van der Waals surface area contributed by atoms with E-state index in [1.54, 1.807) is 39.9 Å². The molecule has 2 heterocycles. The molecule has 33 heavy (non-hydrogen) atoms. The van der Waals surface area contributed by atoms with Gasteiger partial charge in [-0.15, -0.1) is 11.3 Å². The summed E-state index contributed by atoms with van der Waals surface area (Å²) in [7, 11) is -3.49. The predicted molar refractivity (Wildman–Crippen MR) is 133 cm³/mol. The Morgan fingerprint density at radius 2 is 1.64 bits per heavy atom. The molecule has 1 saturated heterocycles. The van der Waals surface area contributed by atoms with Crippen molar-refractivity contribution in [1.82, 2.24) is 9.62 Å². The Morgan fingerprint density at radius 3 is 2.27 bits per heavy atom. The third-order valence-electron chi connectivity index (χ3n) is 5.85. The lowest BCUT2D eigenvalue weighted by atomic mass is 10.0. The zero-order valence-electron chi connectivity index (χ0n) is 18.6. The smallest absolute Gasteiger partial charge is 0.243 e. The largest absolute Gasteiger partial charge is 0.325 e. The Balaban J connectivity index is 1.42. The van der Waals surface area contributed by atoms with Crippen molar-refractivity contribution < 1.29 is 13.2 Å². The molecule has 1 fully saturated rings. The molecule has 2 aromatic carbocycles. The zero-order valence-corrected chi connectivity index (χ0v) is 20.2. The molecule has 1 aliphatic rings. The minimum absolute atomic E-state index is 0.0935. The van der Waals surface area contributed by atoms with Crippen molar-refractivity contribution in [2.75, 3.05) is 18.4 Å². The van der Waals surface area contributed by atoms with E-state index in [0.29, 0.717) is 18.8 Å². The minimum atomic E-state index is -3.49. The highest BCUT2D eigenvalue weighted by molar-refractivity contribution is 7.89. The summed E-state index contributed by atoms with van der Waals surface area (Å²) in [5.74, 6) is -0.181. The minimum Gasteiger partial charge on any atom is -0.325 e. The molecule has 1 aliphatic heterocycles. The number of amides is 1. The number of carbonyl (C=O) groups excluding carboxylic acids is 1. The van der Waals surface area contributed by atoms with Crippen LogP contribution in [0.5, 0.6) is 0 Å². The monoisotopic (exact) mass is 483 g/mol. The fourth-order valence-electron chi connectivity index (χ4n) is 3.98. The topological polar surface area (TPSA) is 78.5 Å². The van der Waals surface area contributed by atoms with Crippen LogP contribution in [0.4, 0.5) is 5.69 Å². The average molecular weight is 484 g/mol. The van der Waals surface area contributed by atoms with Crippen molar-refractivity contribution in [3.8, 4) is 0 Å². The fourth-order valence-corrected chi connectivity index (χ4v) is 6.31. The Kier molecular flexibility index (Phi) is 7.60. The molecule has 2 N–H and O–H groups in total. The highest BCUT2D eigenvalue weighted by Gasteiger charge is 2.26. The first-order valence-electron chi connectivity index (χ1n) is 11.2. The molecule has 0 unspecified atom stereocenters. The van der Waals surface area contributed by atoms with Gasteiger partial charge >= 0.3 is 0 Å². The predicted octanol–water partition coefficient (Wildman–Crippen LogP) is 4.63. The van der Waals surface area contributed by atoms with Crippen LogP contribution in [-0.4, -0.2) is 37.8 Å². The van der Waals surface area contributed by atoms with Gasteiger partial charge in [-0.1, -0.05) is 42.8 Å². The molecular weight excluding hydrogens is 454 g/mol. The maximum atomic E-state index is 12.9.